The minimum atomic E-state index is -1.15. The number of nitrogens with zero attached hydrogens (tertiary/aromatic N) is 1. The van der Waals surface area contributed by atoms with E-state index >= 15 is 0 Å². The highest BCUT2D eigenvalue weighted by atomic mass is 16.6. The lowest BCUT2D eigenvalue weighted by Crippen LogP contribution is -2.67. The van der Waals surface area contributed by atoms with E-state index in [-0.39, 0.29) is 18.4 Å². The van der Waals surface area contributed by atoms with E-state index in [1.54, 1.807) is 33.8 Å². The van der Waals surface area contributed by atoms with Gasteiger partial charge in [0.05, 0.1) is 6.61 Å². The Morgan fingerprint density at radius 1 is 1.15 bits per heavy atom. The van der Waals surface area contributed by atoms with Crippen molar-refractivity contribution in [2.45, 2.75) is 97.4 Å². The molecular weight excluding hydrogens is 438 g/mol. The van der Waals surface area contributed by atoms with Gasteiger partial charge in [-0.3, -0.25) is 9.59 Å². The molecule has 0 aromatic carbocycles. The van der Waals surface area contributed by atoms with E-state index in [2.05, 4.69) is 17.2 Å². The van der Waals surface area contributed by atoms with Crippen LogP contribution in [0.25, 0.3) is 0 Å². The predicted molar refractivity (Wildman–Crippen MR) is 128 cm³/mol. The van der Waals surface area contributed by atoms with Crippen LogP contribution in [0.1, 0.15) is 74.1 Å². The molecule has 0 spiro atoms. The van der Waals surface area contributed by atoms with Gasteiger partial charge in [0.2, 0.25) is 11.8 Å². The smallest absolute Gasteiger partial charge is 0.408 e. The third kappa shape index (κ3) is 6.10. The highest BCUT2D eigenvalue weighted by Crippen LogP contribution is 2.41. The van der Waals surface area contributed by atoms with Crippen LogP contribution in [0.15, 0.2) is 12.7 Å². The summed E-state index contributed by atoms with van der Waals surface area (Å²) in [7, 11) is 0. The van der Waals surface area contributed by atoms with Gasteiger partial charge in [-0.05, 0) is 58.8 Å². The summed E-state index contributed by atoms with van der Waals surface area (Å²) in [6.45, 7) is 16.9. The Balaban J connectivity index is 2.21. The van der Waals surface area contributed by atoms with Crippen LogP contribution in [0.3, 0.4) is 0 Å². The molecule has 2 N–H and O–H groups in total. The van der Waals surface area contributed by atoms with Crippen LogP contribution in [-0.2, 0) is 23.9 Å². The van der Waals surface area contributed by atoms with E-state index in [0.717, 1.165) is 6.42 Å². The molecule has 34 heavy (non-hydrogen) atoms. The number of hydrogen-bond donors (Lipinski definition) is 2. The lowest BCUT2D eigenvalue weighted by atomic mass is 9.66. The van der Waals surface area contributed by atoms with Crippen molar-refractivity contribution in [1.82, 2.24) is 15.5 Å². The van der Waals surface area contributed by atoms with Gasteiger partial charge in [-0.15, -0.1) is 6.58 Å². The zero-order valence-electron chi connectivity index (χ0n) is 21.7. The first-order chi connectivity index (χ1) is 15.7. The highest BCUT2D eigenvalue weighted by molar-refractivity contribution is 5.95. The number of hydrogen-bond acceptors (Lipinski definition) is 6. The number of alkyl carbamates (subject to hydrolysis) is 1. The molecule has 2 fully saturated rings. The number of esters is 1. The number of nitrogens with one attached hydrogen (secondary N) is 2. The molecule has 192 valence electrons. The standard InChI is InChI=1S/C25H41N3O6/c1-9-16-13-14-25(16,21(31)33-10-2)27-19(29)17-12-11-15-28(17)20(30)18(23(3,4)5)26-22(32)34-24(6,7)8/h9,16-18H,1,10-15H2,2-8H3,(H,26,32)(H,27,29)/t16-,17?,18-,25-/m1/s1. The average Bonchev–Trinajstić information content (AvgIpc) is 3.17. The van der Waals surface area contributed by atoms with Gasteiger partial charge in [0.1, 0.15) is 23.2 Å². The lowest BCUT2D eigenvalue weighted by molar-refractivity contribution is -0.161. The van der Waals surface area contributed by atoms with Crippen molar-refractivity contribution < 1.29 is 28.7 Å². The maximum atomic E-state index is 13.6. The van der Waals surface area contributed by atoms with Gasteiger partial charge < -0.3 is 25.0 Å². The second-order valence-corrected chi connectivity index (χ2v) is 11.2. The number of carbonyl (C=O) groups excluding carboxylic acids is 4. The molecule has 9 nitrogen and oxygen atoms in total. The maximum absolute atomic E-state index is 13.6. The number of likely N-dealkylation sites (tertiary alicyclic amines) is 1. The first-order valence-corrected chi connectivity index (χ1v) is 12.1. The Kier molecular flexibility index (Phi) is 8.43. The normalized spacial score (nSPS) is 25.6. The van der Waals surface area contributed by atoms with E-state index < -0.39 is 46.6 Å². The van der Waals surface area contributed by atoms with Crippen molar-refractivity contribution in [3.8, 4) is 0 Å². The summed E-state index contributed by atoms with van der Waals surface area (Å²) in [5.41, 5.74) is -2.48. The molecule has 3 amide bonds. The third-order valence-corrected chi connectivity index (χ3v) is 6.37. The van der Waals surface area contributed by atoms with Crippen molar-refractivity contribution in [2.75, 3.05) is 13.2 Å². The summed E-state index contributed by atoms with van der Waals surface area (Å²) in [6.07, 6.45) is 3.27. The molecule has 2 rings (SSSR count). The van der Waals surface area contributed by atoms with Gasteiger partial charge in [-0.25, -0.2) is 9.59 Å². The van der Waals surface area contributed by atoms with Crippen LogP contribution in [0, 0.1) is 11.3 Å². The van der Waals surface area contributed by atoms with Crippen LogP contribution < -0.4 is 10.6 Å². The van der Waals surface area contributed by atoms with E-state index in [4.69, 9.17) is 9.47 Å². The Morgan fingerprint density at radius 2 is 1.79 bits per heavy atom. The van der Waals surface area contributed by atoms with Crippen molar-refractivity contribution in [1.29, 1.82) is 0 Å². The number of ether oxygens (including phenoxy) is 2. The number of rotatable bonds is 7. The molecule has 1 heterocycles. The van der Waals surface area contributed by atoms with Crippen molar-refractivity contribution >= 4 is 23.9 Å². The quantitative estimate of drug-likeness (QED) is 0.429. The second-order valence-electron chi connectivity index (χ2n) is 11.2. The summed E-state index contributed by atoms with van der Waals surface area (Å²) in [5, 5.41) is 5.60. The molecule has 4 atom stereocenters. The molecule has 1 aliphatic heterocycles. The fourth-order valence-electron chi connectivity index (χ4n) is 4.48. The third-order valence-electron chi connectivity index (χ3n) is 6.37. The van der Waals surface area contributed by atoms with Crippen LogP contribution in [-0.4, -0.2) is 65.2 Å². The second kappa shape index (κ2) is 10.4. The van der Waals surface area contributed by atoms with Gasteiger partial charge >= 0.3 is 12.1 Å². The Hall–Kier alpha value is -2.58. The van der Waals surface area contributed by atoms with E-state index in [1.807, 2.05) is 20.8 Å². The highest BCUT2D eigenvalue weighted by Gasteiger charge is 2.55. The monoisotopic (exact) mass is 479 g/mol. The van der Waals surface area contributed by atoms with Crippen LogP contribution in [0.5, 0.6) is 0 Å². The van der Waals surface area contributed by atoms with E-state index in [1.165, 1.54) is 4.90 Å². The maximum Gasteiger partial charge on any atom is 0.408 e. The molecule has 9 heteroatoms. The molecule has 0 radical (unpaired) electrons. The van der Waals surface area contributed by atoms with E-state index in [0.29, 0.717) is 25.8 Å². The van der Waals surface area contributed by atoms with Crippen molar-refractivity contribution in [2.24, 2.45) is 11.3 Å². The molecule has 1 aliphatic carbocycles. The fourth-order valence-corrected chi connectivity index (χ4v) is 4.48. The van der Waals surface area contributed by atoms with Crippen LogP contribution in [0.2, 0.25) is 0 Å². The summed E-state index contributed by atoms with van der Waals surface area (Å²) in [6, 6.07) is -1.63. The molecular formula is C25H41N3O6. The zero-order valence-corrected chi connectivity index (χ0v) is 21.7. The Morgan fingerprint density at radius 3 is 2.26 bits per heavy atom. The minimum Gasteiger partial charge on any atom is -0.464 e. The van der Waals surface area contributed by atoms with Gasteiger partial charge in [-0.2, -0.15) is 0 Å². The SMILES string of the molecule is C=C[C@@H]1CC[C@]1(NC(=O)C1CCCN1C(=O)[C@@H](NC(=O)OC(C)(C)C)C(C)(C)C)C(=O)OCC. The molecule has 1 saturated heterocycles. The van der Waals surface area contributed by atoms with Crippen molar-refractivity contribution in [3.63, 3.8) is 0 Å². The summed E-state index contributed by atoms with van der Waals surface area (Å²) in [5.74, 6) is -1.45. The summed E-state index contributed by atoms with van der Waals surface area (Å²) in [4.78, 5) is 53.6. The predicted octanol–water partition coefficient (Wildman–Crippen LogP) is 2.93. The van der Waals surface area contributed by atoms with Crippen LogP contribution in [0.4, 0.5) is 4.79 Å². The Bertz CT molecular complexity index is 812. The van der Waals surface area contributed by atoms with Gasteiger partial charge in [-0.1, -0.05) is 26.8 Å². The fraction of sp³-hybridized carbons (Fsp3) is 0.760. The minimum absolute atomic E-state index is 0.206. The molecule has 1 unspecified atom stereocenters. The molecule has 0 aromatic heterocycles. The number of carbonyl (C=O) groups is 4. The van der Waals surface area contributed by atoms with Gasteiger partial charge in [0.25, 0.3) is 0 Å². The Labute approximate surface area is 203 Å². The zero-order chi connectivity index (χ0) is 25.9. The van der Waals surface area contributed by atoms with Crippen molar-refractivity contribution in [3.05, 3.63) is 12.7 Å². The number of amides is 3. The van der Waals surface area contributed by atoms with E-state index in [9.17, 15) is 19.2 Å². The molecule has 2 aliphatic rings. The van der Waals surface area contributed by atoms with Crippen LogP contribution >= 0.6 is 0 Å². The largest absolute Gasteiger partial charge is 0.464 e. The lowest BCUT2D eigenvalue weighted by Gasteiger charge is -2.47. The molecule has 1 saturated carbocycles. The average molecular weight is 480 g/mol. The first kappa shape index (κ1) is 27.7. The first-order valence-electron chi connectivity index (χ1n) is 12.1. The molecule has 0 bridgehead atoms. The summed E-state index contributed by atoms with van der Waals surface area (Å²) >= 11 is 0. The van der Waals surface area contributed by atoms with Gasteiger partial charge in [0.15, 0.2) is 0 Å². The summed E-state index contributed by atoms with van der Waals surface area (Å²) < 4.78 is 10.6. The molecule has 0 aromatic rings. The van der Waals surface area contributed by atoms with Gasteiger partial charge in [0, 0.05) is 12.5 Å². The topological polar surface area (TPSA) is 114 Å².